The lowest BCUT2D eigenvalue weighted by molar-refractivity contribution is 0.00573. The fourth-order valence-corrected chi connectivity index (χ4v) is 3.27. The predicted molar refractivity (Wildman–Crippen MR) is 72.4 cm³/mol. The minimum atomic E-state index is -0.257. The SMILES string of the molecule is CCCCC([S-])(CC1CCCCC1)OCC. The maximum Gasteiger partial charge on any atom is 0.0418 e. The third-order valence-corrected chi connectivity index (χ3v) is 4.13. The van der Waals surface area contributed by atoms with E-state index >= 15 is 0 Å². The molecule has 1 saturated carbocycles. The van der Waals surface area contributed by atoms with Crippen LogP contribution in [0.25, 0.3) is 0 Å². The van der Waals surface area contributed by atoms with Crippen molar-refractivity contribution in [3.05, 3.63) is 0 Å². The molecule has 0 aromatic carbocycles. The zero-order chi connectivity index (χ0) is 11.9. The lowest BCUT2D eigenvalue weighted by atomic mass is 9.84. The molecule has 0 aliphatic heterocycles. The summed E-state index contributed by atoms with van der Waals surface area (Å²) in [6, 6.07) is 0. The van der Waals surface area contributed by atoms with Gasteiger partial charge >= 0.3 is 0 Å². The summed E-state index contributed by atoms with van der Waals surface area (Å²) in [7, 11) is 0. The minimum Gasteiger partial charge on any atom is -0.758 e. The quantitative estimate of drug-likeness (QED) is 0.612. The van der Waals surface area contributed by atoms with Gasteiger partial charge in [-0.05, 0) is 30.6 Å². The van der Waals surface area contributed by atoms with Gasteiger partial charge in [-0.1, -0.05) is 51.9 Å². The molecule has 0 heterocycles. The first-order valence-corrected chi connectivity index (χ1v) is 7.45. The highest BCUT2D eigenvalue weighted by Gasteiger charge is 2.22. The van der Waals surface area contributed by atoms with Crippen molar-refractivity contribution < 1.29 is 4.74 Å². The van der Waals surface area contributed by atoms with Crippen molar-refractivity contribution in [1.29, 1.82) is 0 Å². The molecular formula is C14H27OS-. The molecule has 0 N–H and O–H groups in total. The van der Waals surface area contributed by atoms with Gasteiger partial charge in [-0.2, -0.15) is 0 Å². The molecule has 2 heteroatoms. The standard InChI is InChI=1S/C14H28OS/c1-3-5-11-14(16,15-4-2)12-13-9-7-6-8-10-13/h13,16H,3-12H2,1-2H3/p-1. The highest BCUT2D eigenvalue weighted by atomic mass is 32.1. The van der Waals surface area contributed by atoms with Crippen LogP contribution in [0.4, 0.5) is 0 Å². The highest BCUT2D eigenvalue weighted by Crippen LogP contribution is 2.34. The molecule has 1 unspecified atom stereocenters. The van der Waals surface area contributed by atoms with Crippen LogP contribution in [-0.4, -0.2) is 11.5 Å². The van der Waals surface area contributed by atoms with E-state index in [0.29, 0.717) is 0 Å². The number of hydrogen-bond donors (Lipinski definition) is 0. The van der Waals surface area contributed by atoms with Gasteiger partial charge in [0, 0.05) is 6.61 Å². The van der Waals surface area contributed by atoms with Crippen LogP contribution in [0.5, 0.6) is 0 Å². The molecule has 0 saturated heterocycles. The maximum atomic E-state index is 5.85. The van der Waals surface area contributed by atoms with E-state index in [1.54, 1.807) is 0 Å². The summed E-state index contributed by atoms with van der Waals surface area (Å²) in [5.41, 5.74) is 0. The first-order valence-electron chi connectivity index (χ1n) is 7.04. The van der Waals surface area contributed by atoms with Crippen LogP contribution in [0.1, 0.15) is 71.6 Å². The fraction of sp³-hybridized carbons (Fsp3) is 1.00. The molecule has 1 aliphatic carbocycles. The van der Waals surface area contributed by atoms with Crippen LogP contribution in [-0.2, 0) is 17.4 Å². The largest absolute Gasteiger partial charge is 0.758 e. The highest BCUT2D eigenvalue weighted by molar-refractivity contribution is 7.60. The second kappa shape index (κ2) is 7.60. The number of ether oxygens (including phenoxy) is 1. The molecule has 1 aliphatic rings. The van der Waals surface area contributed by atoms with Crippen LogP contribution in [0, 0.1) is 5.92 Å². The molecule has 1 atom stereocenters. The van der Waals surface area contributed by atoms with Crippen molar-refractivity contribution in [3.8, 4) is 0 Å². The molecule has 1 rings (SSSR count). The van der Waals surface area contributed by atoms with Gasteiger partial charge in [-0.3, -0.25) is 0 Å². The van der Waals surface area contributed by atoms with Crippen molar-refractivity contribution in [2.45, 2.75) is 76.6 Å². The zero-order valence-corrected chi connectivity index (χ0v) is 11.8. The summed E-state index contributed by atoms with van der Waals surface area (Å²) in [5.74, 6) is 0.828. The number of unbranched alkanes of at least 4 members (excludes halogenated alkanes) is 1. The van der Waals surface area contributed by atoms with Gasteiger partial charge in [-0.15, -0.1) is 0 Å². The summed E-state index contributed by atoms with van der Waals surface area (Å²) in [6.45, 7) is 5.05. The van der Waals surface area contributed by atoms with Gasteiger partial charge in [0.15, 0.2) is 0 Å². The Kier molecular flexibility index (Phi) is 6.83. The van der Waals surface area contributed by atoms with Crippen molar-refractivity contribution in [3.63, 3.8) is 0 Å². The van der Waals surface area contributed by atoms with E-state index in [0.717, 1.165) is 25.4 Å². The average Bonchev–Trinajstić information content (AvgIpc) is 2.28. The van der Waals surface area contributed by atoms with Crippen LogP contribution in [0.2, 0.25) is 0 Å². The van der Waals surface area contributed by atoms with E-state index in [9.17, 15) is 0 Å². The van der Waals surface area contributed by atoms with Crippen molar-refractivity contribution >= 4 is 12.6 Å². The minimum absolute atomic E-state index is 0.257. The third kappa shape index (κ3) is 5.09. The summed E-state index contributed by atoms with van der Waals surface area (Å²) in [6.07, 6.45) is 11.6. The molecule has 0 aromatic heterocycles. The van der Waals surface area contributed by atoms with Gasteiger partial charge in [0.2, 0.25) is 0 Å². The van der Waals surface area contributed by atoms with Gasteiger partial charge in [0.05, 0.1) is 0 Å². The van der Waals surface area contributed by atoms with E-state index in [4.69, 9.17) is 17.4 Å². The molecule has 0 amide bonds. The van der Waals surface area contributed by atoms with E-state index in [-0.39, 0.29) is 4.93 Å². The normalized spacial score (nSPS) is 21.9. The van der Waals surface area contributed by atoms with Crippen molar-refractivity contribution in [1.82, 2.24) is 0 Å². The Morgan fingerprint density at radius 1 is 1.19 bits per heavy atom. The van der Waals surface area contributed by atoms with Gasteiger partial charge < -0.3 is 17.4 Å². The van der Waals surface area contributed by atoms with E-state index in [1.807, 2.05) is 0 Å². The summed E-state index contributed by atoms with van der Waals surface area (Å²) in [5, 5.41) is 0. The Balaban J connectivity index is 2.40. The topological polar surface area (TPSA) is 9.23 Å². The molecule has 0 aromatic rings. The first kappa shape index (κ1) is 14.4. The van der Waals surface area contributed by atoms with Crippen molar-refractivity contribution in [2.24, 2.45) is 5.92 Å². The Labute approximate surface area is 107 Å². The predicted octanol–water partition coefficient (Wildman–Crippen LogP) is 4.43. The monoisotopic (exact) mass is 243 g/mol. The van der Waals surface area contributed by atoms with Crippen LogP contribution < -0.4 is 0 Å². The van der Waals surface area contributed by atoms with E-state index in [1.165, 1.54) is 44.9 Å². The summed E-state index contributed by atoms with van der Waals surface area (Å²) < 4.78 is 5.85. The smallest absolute Gasteiger partial charge is 0.0418 e. The molecule has 16 heavy (non-hydrogen) atoms. The first-order chi connectivity index (χ1) is 7.70. The molecular weight excluding hydrogens is 216 g/mol. The second-order valence-electron chi connectivity index (χ2n) is 5.16. The third-order valence-electron chi connectivity index (χ3n) is 3.64. The zero-order valence-electron chi connectivity index (χ0n) is 11.0. The lowest BCUT2D eigenvalue weighted by Gasteiger charge is -2.44. The lowest BCUT2D eigenvalue weighted by Crippen LogP contribution is -2.33. The molecule has 96 valence electrons. The Morgan fingerprint density at radius 3 is 2.44 bits per heavy atom. The van der Waals surface area contributed by atoms with E-state index < -0.39 is 0 Å². The Hall–Kier alpha value is 0.310. The summed E-state index contributed by atoms with van der Waals surface area (Å²) in [4.78, 5) is -0.257. The second-order valence-corrected chi connectivity index (χ2v) is 5.90. The van der Waals surface area contributed by atoms with Gasteiger partial charge in [-0.25, -0.2) is 0 Å². The molecule has 0 spiro atoms. The van der Waals surface area contributed by atoms with Gasteiger partial charge in [0.25, 0.3) is 0 Å². The number of rotatable bonds is 7. The van der Waals surface area contributed by atoms with Crippen LogP contribution in [0.3, 0.4) is 0 Å². The Bertz CT molecular complexity index is 178. The summed E-state index contributed by atoms with van der Waals surface area (Å²) >= 11 is 5.73. The van der Waals surface area contributed by atoms with Crippen LogP contribution >= 0.6 is 0 Å². The van der Waals surface area contributed by atoms with Gasteiger partial charge in [0.1, 0.15) is 0 Å². The van der Waals surface area contributed by atoms with Crippen LogP contribution in [0.15, 0.2) is 0 Å². The molecule has 1 nitrogen and oxygen atoms in total. The molecule has 0 bridgehead atoms. The van der Waals surface area contributed by atoms with E-state index in [2.05, 4.69) is 13.8 Å². The Morgan fingerprint density at radius 2 is 1.88 bits per heavy atom. The molecule has 0 radical (unpaired) electrons. The molecule has 1 fully saturated rings. The number of hydrogen-bond acceptors (Lipinski definition) is 2. The fourth-order valence-electron chi connectivity index (χ4n) is 2.77. The van der Waals surface area contributed by atoms with Crippen molar-refractivity contribution in [2.75, 3.05) is 6.61 Å². The average molecular weight is 243 g/mol. The maximum absolute atomic E-state index is 5.85.